The lowest BCUT2D eigenvalue weighted by molar-refractivity contribution is 0.624. The summed E-state index contributed by atoms with van der Waals surface area (Å²) < 4.78 is 18.0. The van der Waals surface area contributed by atoms with Crippen LogP contribution >= 0.6 is 9.39 Å². The van der Waals surface area contributed by atoms with E-state index in [9.17, 15) is 4.39 Å². The van der Waals surface area contributed by atoms with Gasteiger partial charge in [0.2, 0.25) is 0 Å². The molecule has 0 saturated heterocycles. The lowest BCUT2D eigenvalue weighted by Crippen LogP contribution is -2.08. The van der Waals surface area contributed by atoms with Crippen LogP contribution in [0.2, 0.25) is 0 Å². The fourth-order valence-electron chi connectivity index (χ4n) is 4.70. The van der Waals surface area contributed by atoms with Gasteiger partial charge in [0.1, 0.15) is 11.5 Å². The van der Waals surface area contributed by atoms with Crippen molar-refractivity contribution in [2.24, 2.45) is 0 Å². The third-order valence-corrected chi connectivity index (χ3v) is 7.35. The summed E-state index contributed by atoms with van der Waals surface area (Å²) in [5.74, 6) is 7.81. The Morgan fingerprint density at radius 2 is 1.87 bits per heavy atom. The van der Waals surface area contributed by atoms with Crippen LogP contribution in [0.25, 0.3) is 39.0 Å². The minimum absolute atomic E-state index is 0.297. The summed E-state index contributed by atoms with van der Waals surface area (Å²) in [6.07, 6.45) is 9.32. The van der Waals surface area contributed by atoms with Crippen LogP contribution in [0, 0.1) is 19.7 Å². The number of nitrogens with one attached hydrogen (secondary N) is 3. The number of pyridine rings is 1. The topological polar surface area (TPSA) is 69.4 Å². The van der Waals surface area contributed by atoms with E-state index in [1.54, 1.807) is 18.2 Å². The first kappa shape index (κ1) is 26.4. The van der Waals surface area contributed by atoms with Crippen LogP contribution in [0.15, 0.2) is 79.7 Å². The van der Waals surface area contributed by atoms with Gasteiger partial charge in [0.05, 0.1) is 11.2 Å². The van der Waals surface area contributed by atoms with Crippen LogP contribution < -0.4 is 4.72 Å². The highest BCUT2D eigenvalue weighted by atomic mass is 32.2. The van der Waals surface area contributed by atoms with Gasteiger partial charge in [0.25, 0.3) is 0 Å². The molecule has 5 rings (SSSR count). The van der Waals surface area contributed by atoms with Gasteiger partial charge < -0.3 is 4.98 Å². The number of fused-ring (bicyclic) bond motifs is 1. The lowest BCUT2D eigenvalue weighted by Gasteiger charge is -2.13. The molecule has 0 saturated carbocycles. The minimum Gasteiger partial charge on any atom is -0.357 e. The van der Waals surface area contributed by atoms with Gasteiger partial charge in [-0.25, -0.2) is 4.39 Å². The van der Waals surface area contributed by atoms with Crippen molar-refractivity contribution < 1.29 is 4.39 Å². The minimum atomic E-state index is -1.42. The van der Waals surface area contributed by atoms with Gasteiger partial charge >= 0.3 is 0 Å². The molecule has 2 aromatic carbocycles. The number of nitrogens with zero attached hydrogens (tertiary/aromatic N) is 2. The highest BCUT2D eigenvalue weighted by molar-refractivity contribution is 8.25. The molecular weight excluding hydrogens is 505 g/mol. The first-order valence-corrected chi connectivity index (χ1v) is 14.9. The SMILES string of the molecule is C=C/C=C(/c1cc(F)cc(CNS(=C)(=C)C)c1)c1cc(-c2n[nH]c3ccc(-c4cncc(C)c4)cc23)[nH]c1C. The number of aromatic amines is 2. The summed E-state index contributed by atoms with van der Waals surface area (Å²) >= 11 is 0. The van der Waals surface area contributed by atoms with Crippen molar-refractivity contribution in [2.75, 3.05) is 6.26 Å². The Kier molecular flexibility index (Phi) is 7.12. The molecular formula is C32H32FN5S. The summed E-state index contributed by atoms with van der Waals surface area (Å²) in [7, 11) is -1.42. The van der Waals surface area contributed by atoms with Gasteiger partial charge in [-0.3, -0.25) is 14.8 Å². The van der Waals surface area contributed by atoms with E-state index in [4.69, 9.17) is 0 Å². The number of allylic oxidation sites excluding steroid dienone is 2. The molecule has 0 fully saturated rings. The standard InChI is InChI=1S/C32H32FN5S/c1-7-8-27(24-12-22(13-26(33)14-24)18-35-39(4,5)6)28-16-31(36-21(28)3)32-29-15-23(9-10-30(29)37-38-32)25-11-20(2)17-34-19-25/h7-17,19,35-36H,1,4-5,18H2,2-3,6H3,(H,37,38)/b27-8-. The molecule has 3 N–H and O–H groups in total. The number of rotatable bonds is 8. The Hall–Kier alpha value is -4.20. The van der Waals surface area contributed by atoms with Crippen molar-refractivity contribution >= 4 is 37.6 Å². The monoisotopic (exact) mass is 537 g/mol. The van der Waals surface area contributed by atoms with Crippen molar-refractivity contribution in [3.8, 4) is 22.5 Å². The van der Waals surface area contributed by atoms with Crippen molar-refractivity contribution in [2.45, 2.75) is 20.4 Å². The second kappa shape index (κ2) is 10.5. The summed E-state index contributed by atoms with van der Waals surface area (Å²) in [5, 5.41) is 8.79. The molecule has 0 atom stereocenters. The molecule has 39 heavy (non-hydrogen) atoms. The largest absolute Gasteiger partial charge is 0.357 e. The molecule has 0 spiro atoms. The Morgan fingerprint density at radius 3 is 2.62 bits per heavy atom. The van der Waals surface area contributed by atoms with Crippen LogP contribution in [-0.4, -0.2) is 38.2 Å². The third kappa shape index (κ3) is 5.79. The van der Waals surface area contributed by atoms with Crippen LogP contribution in [-0.2, 0) is 6.54 Å². The Bertz CT molecular complexity index is 1840. The molecule has 3 aromatic heterocycles. The molecule has 5 aromatic rings. The van der Waals surface area contributed by atoms with Crippen molar-refractivity contribution in [1.82, 2.24) is 24.9 Å². The van der Waals surface area contributed by atoms with E-state index in [2.05, 4.69) is 67.5 Å². The summed E-state index contributed by atoms with van der Waals surface area (Å²) in [6.45, 7) is 8.44. The van der Waals surface area contributed by atoms with E-state index in [1.807, 2.05) is 50.7 Å². The normalized spacial score (nSPS) is 12.3. The molecule has 0 aliphatic rings. The highest BCUT2D eigenvalue weighted by Crippen LogP contribution is 2.35. The molecule has 7 heteroatoms. The number of halogens is 1. The molecule has 0 bridgehead atoms. The van der Waals surface area contributed by atoms with Gasteiger partial charge in [0, 0.05) is 41.1 Å². The average Bonchev–Trinajstić information content (AvgIpc) is 3.48. The van der Waals surface area contributed by atoms with E-state index < -0.39 is 9.39 Å². The van der Waals surface area contributed by atoms with Crippen molar-refractivity contribution in [3.63, 3.8) is 0 Å². The Labute approximate surface area is 229 Å². The maximum absolute atomic E-state index is 14.7. The van der Waals surface area contributed by atoms with Crippen LogP contribution in [0.4, 0.5) is 4.39 Å². The molecule has 5 nitrogen and oxygen atoms in total. The van der Waals surface area contributed by atoms with E-state index in [-0.39, 0.29) is 5.82 Å². The van der Waals surface area contributed by atoms with Gasteiger partial charge in [-0.2, -0.15) is 14.5 Å². The fourth-order valence-corrected chi connectivity index (χ4v) is 5.22. The first-order chi connectivity index (χ1) is 18.6. The lowest BCUT2D eigenvalue weighted by atomic mass is 9.95. The van der Waals surface area contributed by atoms with Crippen LogP contribution in [0.5, 0.6) is 0 Å². The van der Waals surface area contributed by atoms with Gasteiger partial charge in [-0.1, -0.05) is 36.5 Å². The second-order valence-electron chi connectivity index (χ2n) is 10.1. The third-order valence-electron chi connectivity index (χ3n) is 6.51. The van der Waals surface area contributed by atoms with Crippen molar-refractivity contribution in [3.05, 3.63) is 113 Å². The second-order valence-corrected chi connectivity index (χ2v) is 12.9. The number of benzene rings is 2. The van der Waals surface area contributed by atoms with Crippen LogP contribution in [0.3, 0.4) is 0 Å². The maximum Gasteiger partial charge on any atom is 0.124 e. The predicted molar refractivity (Wildman–Crippen MR) is 167 cm³/mol. The molecule has 3 heterocycles. The van der Waals surface area contributed by atoms with Gasteiger partial charge in [0.15, 0.2) is 0 Å². The zero-order chi connectivity index (χ0) is 27.7. The highest BCUT2D eigenvalue weighted by Gasteiger charge is 2.17. The summed E-state index contributed by atoms with van der Waals surface area (Å²) in [4.78, 5) is 7.85. The number of hydrogen-bond donors (Lipinski definition) is 3. The molecule has 0 amide bonds. The van der Waals surface area contributed by atoms with E-state index in [0.29, 0.717) is 6.54 Å². The van der Waals surface area contributed by atoms with E-state index in [1.165, 1.54) is 0 Å². The smallest absolute Gasteiger partial charge is 0.124 e. The maximum atomic E-state index is 14.7. The number of hydrogen-bond acceptors (Lipinski definition) is 3. The first-order valence-electron chi connectivity index (χ1n) is 12.5. The molecule has 0 aliphatic heterocycles. The van der Waals surface area contributed by atoms with Crippen molar-refractivity contribution in [1.29, 1.82) is 0 Å². The summed E-state index contributed by atoms with van der Waals surface area (Å²) in [6, 6.07) is 15.5. The fraction of sp³-hybridized carbons (Fsp3) is 0.125. The van der Waals surface area contributed by atoms with Gasteiger partial charge in [-0.15, -0.1) is 0 Å². The Morgan fingerprint density at radius 1 is 1.05 bits per heavy atom. The van der Waals surface area contributed by atoms with E-state index >= 15 is 0 Å². The number of aromatic nitrogens is 4. The molecule has 0 unspecified atom stereocenters. The molecule has 198 valence electrons. The zero-order valence-electron chi connectivity index (χ0n) is 22.4. The molecule has 0 aliphatic carbocycles. The number of aryl methyl sites for hydroxylation is 2. The zero-order valence-corrected chi connectivity index (χ0v) is 23.3. The quantitative estimate of drug-likeness (QED) is 0.144. The van der Waals surface area contributed by atoms with E-state index in [0.717, 1.165) is 66.9 Å². The van der Waals surface area contributed by atoms with Gasteiger partial charge in [-0.05, 0) is 90.4 Å². The predicted octanol–water partition coefficient (Wildman–Crippen LogP) is 7.30. The number of H-pyrrole nitrogens is 2. The molecule has 0 radical (unpaired) electrons. The average molecular weight is 538 g/mol. The Balaban J connectivity index is 1.56. The van der Waals surface area contributed by atoms with Crippen LogP contribution in [0.1, 0.15) is 27.9 Å². The summed E-state index contributed by atoms with van der Waals surface area (Å²) in [5.41, 5.74) is 10.2.